The van der Waals surface area contributed by atoms with Crippen molar-refractivity contribution in [1.29, 1.82) is 10.5 Å². The number of nitriles is 2. The van der Waals surface area contributed by atoms with Gasteiger partial charge in [-0.2, -0.15) is 10.5 Å². The molecule has 1 saturated heterocycles. The molecule has 0 aliphatic carbocycles. The molecule has 1 aromatic heterocycles. The molecular weight excluding hydrogens is 434 g/mol. The topological polar surface area (TPSA) is 92.8 Å². The van der Waals surface area contributed by atoms with Crippen molar-refractivity contribution in [2.45, 2.75) is 18.9 Å². The van der Waals surface area contributed by atoms with Crippen molar-refractivity contribution in [2.24, 2.45) is 0 Å². The molecule has 170 valence electrons. The van der Waals surface area contributed by atoms with Crippen LogP contribution in [0.3, 0.4) is 0 Å². The SMILES string of the molecule is N#Cc1cccc(C(=O)N2CCC(Nc3cc(-c4cccc(C#N)c4)cc4ccncc34)CC2)c1. The minimum atomic E-state index is -0.0328. The summed E-state index contributed by atoms with van der Waals surface area (Å²) < 4.78 is 0. The van der Waals surface area contributed by atoms with Crippen LogP contribution in [0.1, 0.15) is 34.3 Å². The highest BCUT2D eigenvalue weighted by Crippen LogP contribution is 2.32. The third-order valence-electron chi connectivity index (χ3n) is 6.46. The minimum absolute atomic E-state index is 0.0328. The molecule has 0 atom stereocenters. The van der Waals surface area contributed by atoms with Crippen LogP contribution in [0.4, 0.5) is 5.69 Å². The maximum atomic E-state index is 12.9. The fraction of sp³-hybridized carbons (Fsp3) is 0.172. The van der Waals surface area contributed by atoms with Gasteiger partial charge in [0.1, 0.15) is 0 Å². The minimum Gasteiger partial charge on any atom is -0.382 e. The first-order valence-corrected chi connectivity index (χ1v) is 11.6. The second kappa shape index (κ2) is 9.67. The lowest BCUT2D eigenvalue weighted by atomic mass is 9.98. The van der Waals surface area contributed by atoms with E-state index < -0.39 is 0 Å². The predicted octanol–water partition coefficient (Wildman–Crippen LogP) is 5.36. The number of nitrogens with one attached hydrogen (secondary N) is 1. The quantitative estimate of drug-likeness (QED) is 0.445. The summed E-state index contributed by atoms with van der Waals surface area (Å²) in [4.78, 5) is 19.1. The number of amides is 1. The number of likely N-dealkylation sites (tertiary alicyclic amines) is 1. The van der Waals surface area contributed by atoms with Crippen LogP contribution >= 0.6 is 0 Å². The Bertz CT molecular complexity index is 1490. The lowest BCUT2D eigenvalue weighted by Gasteiger charge is -2.33. The molecule has 0 bridgehead atoms. The number of hydrogen-bond donors (Lipinski definition) is 1. The van der Waals surface area contributed by atoms with E-state index in [0.717, 1.165) is 40.4 Å². The van der Waals surface area contributed by atoms with Crippen LogP contribution in [0, 0.1) is 22.7 Å². The lowest BCUT2D eigenvalue weighted by Crippen LogP contribution is -2.42. The summed E-state index contributed by atoms with van der Waals surface area (Å²) in [6.45, 7) is 1.29. The van der Waals surface area contributed by atoms with Crippen molar-refractivity contribution < 1.29 is 4.79 Å². The Morgan fingerprint density at radius 2 is 1.66 bits per heavy atom. The molecule has 4 aromatic rings. The molecular formula is C29H23N5O. The van der Waals surface area contributed by atoms with Gasteiger partial charge >= 0.3 is 0 Å². The predicted molar refractivity (Wildman–Crippen MR) is 136 cm³/mol. The largest absolute Gasteiger partial charge is 0.382 e. The summed E-state index contributed by atoms with van der Waals surface area (Å²) in [5.41, 5.74) is 4.70. The van der Waals surface area contributed by atoms with Crippen molar-refractivity contribution in [3.63, 3.8) is 0 Å². The van der Waals surface area contributed by atoms with Gasteiger partial charge < -0.3 is 10.2 Å². The van der Waals surface area contributed by atoms with Crippen LogP contribution in [0.25, 0.3) is 21.9 Å². The zero-order valence-electron chi connectivity index (χ0n) is 19.1. The third kappa shape index (κ3) is 4.69. The molecule has 1 aliphatic rings. The lowest BCUT2D eigenvalue weighted by molar-refractivity contribution is 0.0718. The normalized spacial score (nSPS) is 13.7. The Labute approximate surface area is 204 Å². The van der Waals surface area contributed by atoms with Crippen LogP contribution in [-0.2, 0) is 0 Å². The Hall–Kier alpha value is -4.68. The van der Waals surface area contributed by atoms with Gasteiger partial charge in [0.25, 0.3) is 5.91 Å². The number of rotatable bonds is 4. The third-order valence-corrected chi connectivity index (χ3v) is 6.46. The second-order valence-corrected chi connectivity index (χ2v) is 8.72. The van der Waals surface area contributed by atoms with Gasteiger partial charge in [0.05, 0.1) is 23.3 Å². The van der Waals surface area contributed by atoms with E-state index in [9.17, 15) is 10.1 Å². The number of carbonyl (C=O) groups excluding carboxylic acids is 1. The molecule has 6 heteroatoms. The van der Waals surface area contributed by atoms with E-state index in [-0.39, 0.29) is 11.9 Å². The van der Waals surface area contributed by atoms with Crippen molar-refractivity contribution in [2.75, 3.05) is 18.4 Å². The van der Waals surface area contributed by atoms with Crippen molar-refractivity contribution in [1.82, 2.24) is 9.88 Å². The number of pyridine rings is 1. The average Bonchev–Trinajstić information content (AvgIpc) is 2.93. The highest BCUT2D eigenvalue weighted by Gasteiger charge is 2.24. The van der Waals surface area contributed by atoms with Crippen LogP contribution in [0.2, 0.25) is 0 Å². The smallest absolute Gasteiger partial charge is 0.253 e. The molecule has 3 aromatic carbocycles. The number of nitrogens with zero attached hydrogens (tertiary/aromatic N) is 4. The first-order chi connectivity index (χ1) is 17.1. The molecule has 1 aliphatic heterocycles. The Morgan fingerprint density at radius 3 is 2.43 bits per heavy atom. The number of fused-ring (bicyclic) bond motifs is 1. The number of benzene rings is 3. The van der Waals surface area contributed by atoms with Gasteiger partial charge in [0.15, 0.2) is 0 Å². The molecule has 0 radical (unpaired) electrons. The summed E-state index contributed by atoms with van der Waals surface area (Å²) >= 11 is 0. The summed E-state index contributed by atoms with van der Waals surface area (Å²) in [5.74, 6) is -0.0328. The number of aromatic nitrogens is 1. The van der Waals surface area contributed by atoms with Crippen LogP contribution in [0.5, 0.6) is 0 Å². The molecule has 1 fully saturated rings. The Balaban J connectivity index is 1.35. The number of piperidine rings is 1. The van der Waals surface area contributed by atoms with Gasteiger partial charge in [-0.3, -0.25) is 9.78 Å². The molecule has 1 N–H and O–H groups in total. The van der Waals surface area contributed by atoms with Crippen LogP contribution < -0.4 is 5.32 Å². The zero-order valence-corrected chi connectivity index (χ0v) is 19.1. The number of carbonyl (C=O) groups is 1. The van der Waals surface area contributed by atoms with Gasteiger partial charge in [-0.1, -0.05) is 18.2 Å². The Kier molecular flexibility index (Phi) is 6.11. The molecule has 2 heterocycles. The van der Waals surface area contributed by atoms with E-state index in [2.05, 4.69) is 34.6 Å². The number of anilines is 1. The van der Waals surface area contributed by atoms with E-state index in [1.54, 1.807) is 36.5 Å². The van der Waals surface area contributed by atoms with Crippen LogP contribution in [-0.4, -0.2) is 34.9 Å². The highest BCUT2D eigenvalue weighted by atomic mass is 16.2. The first kappa shape index (κ1) is 22.1. The summed E-state index contributed by atoms with van der Waals surface area (Å²) in [7, 11) is 0. The van der Waals surface area contributed by atoms with E-state index >= 15 is 0 Å². The maximum absolute atomic E-state index is 12.9. The van der Waals surface area contributed by atoms with E-state index in [4.69, 9.17) is 5.26 Å². The average molecular weight is 458 g/mol. The fourth-order valence-electron chi connectivity index (χ4n) is 4.60. The second-order valence-electron chi connectivity index (χ2n) is 8.72. The molecule has 5 rings (SSSR count). The van der Waals surface area contributed by atoms with Gasteiger partial charge in [-0.25, -0.2) is 0 Å². The highest BCUT2D eigenvalue weighted by molar-refractivity contribution is 5.97. The van der Waals surface area contributed by atoms with E-state index in [1.165, 1.54) is 0 Å². The molecule has 0 saturated carbocycles. The van der Waals surface area contributed by atoms with Gasteiger partial charge in [0.2, 0.25) is 0 Å². The summed E-state index contributed by atoms with van der Waals surface area (Å²) in [5, 5.41) is 24.2. The van der Waals surface area contributed by atoms with E-state index in [0.29, 0.717) is 29.8 Å². The van der Waals surface area contributed by atoms with Crippen molar-refractivity contribution in [3.05, 3.63) is 95.8 Å². The van der Waals surface area contributed by atoms with Crippen molar-refractivity contribution >= 4 is 22.4 Å². The van der Waals surface area contributed by atoms with Crippen molar-refractivity contribution in [3.8, 4) is 23.3 Å². The molecule has 0 spiro atoms. The van der Waals surface area contributed by atoms with Gasteiger partial charge in [0, 0.05) is 48.2 Å². The van der Waals surface area contributed by atoms with Gasteiger partial charge in [-0.05, 0) is 77.9 Å². The summed E-state index contributed by atoms with van der Waals surface area (Å²) in [6.07, 6.45) is 5.29. The molecule has 35 heavy (non-hydrogen) atoms. The maximum Gasteiger partial charge on any atom is 0.253 e. The zero-order chi connectivity index (χ0) is 24.2. The Morgan fingerprint density at radius 1 is 0.914 bits per heavy atom. The summed E-state index contributed by atoms with van der Waals surface area (Å²) in [6, 6.07) is 25.2. The van der Waals surface area contributed by atoms with Gasteiger partial charge in [-0.15, -0.1) is 0 Å². The van der Waals surface area contributed by atoms with E-state index in [1.807, 2.05) is 35.4 Å². The molecule has 1 amide bonds. The monoisotopic (exact) mass is 457 g/mol. The first-order valence-electron chi connectivity index (χ1n) is 11.6. The number of hydrogen-bond acceptors (Lipinski definition) is 5. The standard InChI is InChI=1S/C29H23N5O/c30-17-20-3-1-5-22(13-20)25-15-23-7-10-32-19-27(23)28(16-25)33-26-8-11-34(12-9-26)29(35)24-6-2-4-21(14-24)18-31/h1-7,10,13-16,19,26,33H,8-9,11-12H2. The van der Waals surface area contributed by atoms with Crippen LogP contribution in [0.15, 0.2) is 79.1 Å². The molecule has 0 unspecified atom stereocenters. The fourth-order valence-corrected chi connectivity index (χ4v) is 4.60. The molecule has 6 nitrogen and oxygen atoms in total.